The van der Waals surface area contributed by atoms with E-state index in [-0.39, 0.29) is 6.61 Å². The number of thiophene rings is 1. The van der Waals surface area contributed by atoms with Crippen molar-refractivity contribution in [2.45, 2.75) is 13.5 Å². The van der Waals surface area contributed by atoms with E-state index in [0.29, 0.717) is 5.56 Å². The third-order valence-corrected chi connectivity index (χ3v) is 3.38. The van der Waals surface area contributed by atoms with Gasteiger partial charge in [-0.1, -0.05) is 0 Å². The molecule has 14 heavy (non-hydrogen) atoms. The second-order valence-corrected chi connectivity index (χ2v) is 4.06. The fourth-order valence-electron chi connectivity index (χ4n) is 1.64. The molecule has 1 aromatic carbocycles. The maximum Gasteiger partial charge on any atom is 0.0995 e. The normalized spacial score (nSPS) is 10.4. The number of nitriles is 1. The van der Waals surface area contributed by atoms with Gasteiger partial charge >= 0.3 is 0 Å². The van der Waals surface area contributed by atoms with Crippen molar-refractivity contribution < 1.29 is 5.11 Å². The molecule has 0 fully saturated rings. The lowest BCUT2D eigenvalue weighted by Crippen LogP contribution is -1.90. The average Bonchev–Trinajstić information content (AvgIpc) is 2.59. The maximum absolute atomic E-state index is 9.24. The van der Waals surface area contributed by atoms with Crippen molar-refractivity contribution in [3.8, 4) is 6.07 Å². The maximum atomic E-state index is 9.24. The number of nitrogens with zero attached hydrogens (tertiary/aromatic N) is 1. The fourth-order valence-corrected chi connectivity index (χ4v) is 2.61. The van der Waals surface area contributed by atoms with E-state index in [4.69, 9.17) is 5.26 Å². The van der Waals surface area contributed by atoms with E-state index >= 15 is 0 Å². The van der Waals surface area contributed by atoms with E-state index in [1.54, 1.807) is 17.4 Å². The molecule has 1 heterocycles. The Morgan fingerprint density at radius 3 is 2.93 bits per heavy atom. The Balaban J connectivity index is 2.89. The van der Waals surface area contributed by atoms with Gasteiger partial charge in [0.1, 0.15) is 0 Å². The van der Waals surface area contributed by atoms with Gasteiger partial charge in [0.05, 0.1) is 18.2 Å². The summed E-state index contributed by atoms with van der Waals surface area (Å²) < 4.78 is 1.13. The summed E-state index contributed by atoms with van der Waals surface area (Å²) in [7, 11) is 0. The molecule has 3 heteroatoms. The molecule has 0 spiro atoms. The third kappa shape index (κ3) is 1.20. The number of fused-ring (bicyclic) bond motifs is 1. The minimum atomic E-state index is -0.0716. The van der Waals surface area contributed by atoms with E-state index in [1.807, 2.05) is 18.4 Å². The molecule has 0 radical (unpaired) electrons. The minimum absolute atomic E-state index is 0.0716. The van der Waals surface area contributed by atoms with Gasteiger partial charge < -0.3 is 5.11 Å². The lowest BCUT2D eigenvalue weighted by atomic mass is 10.0. The quantitative estimate of drug-likeness (QED) is 0.774. The highest BCUT2D eigenvalue weighted by atomic mass is 32.1. The number of aliphatic hydroxyl groups is 1. The number of aliphatic hydroxyl groups excluding tert-OH is 1. The topological polar surface area (TPSA) is 44.0 Å². The van der Waals surface area contributed by atoms with E-state index < -0.39 is 0 Å². The monoisotopic (exact) mass is 203 g/mol. The second-order valence-electron chi connectivity index (χ2n) is 3.15. The van der Waals surface area contributed by atoms with E-state index in [2.05, 4.69) is 6.07 Å². The van der Waals surface area contributed by atoms with Crippen molar-refractivity contribution in [2.24, 2.45) is 0 Å². The van der Waals surface area contributed by atoms with Gasteiger partial charge in [-0.2, -0.15) is 5.26 Å². The van der Waals surface area contributed by atoms with Crippen molar-refractivity contribution in [3.05, 3.63) is 34.2 Å². The molecule has 70 valence electrons. The third-order valence-electron chi connectivity index (χ3n) is 2.31. The standard InChI is InChI=1S/C11H9NOS/c1-7-6-14-10-3-2-8(4-12)9(5-13)11(7)10/h2-3,6,13H,5H2,1H3. The Morgan fingerprint density at radius 1 is 1.50 bits per heavy atom. The summed E-state index contributed by atoms with van der Waals surface area (Å²) >= 11 is 1.64. The molecule has 0 saturated carbocycles. The van der Waals surface area contributed by atoms with Gasteiger partial charge in [0.2, 0.25) is 0 Å². The Hall–Kier alpha value is -1.37. The summed E-state index contributed by atoms with van der Waals surface area (Å²) in [6.45, 7) is 1.93. The number of hydrogen-bond acceptors (Lipinski definition) is 3. The first-order valence-electron chi connectivity index (χ1n) is 4.28. The van der Waals surface area contributed by atoms with Crippen LogP contribution in [-0.2, 0) is 6.61 Å². The lowest BCUT2D eigenvalue weighted by molar-refractivity contribution is 0.283. The van der Waals surface area contributed by atoms with Crippen molar-refractivity contribution in [1.29, 1.82) is 5.26 Å². The highest BCUT2D eigenvalue weighted by molar-refractivity contribution is 7.17. The predicted molar refractivity (Wildman–Crippen MR) is 57.2 cm³/mol. The molecule has 0 atom stereocenters. The highest BCUT2D eigenvalue weighted by Gasteiger charge is 2.09. The van der Waals surface area contributed by atoms with Crippen LogP contribution in [0.25, 0.3) is 10.1 Å². The van der Waals surface area contributed by atoms with Gasteiger partial charge in [0.15, 0.2) is 0 Å². The first-order chi connectivity index (χ1) is 6.77. The number of aryl methyl sites for hydroxylation is 1. The van der Waals surface area contributed by atoms with Gasteiger partial charge in [0, 0.05) is 15.6 Å². The number of benzene rings is 1. The fraction of sp³-hybridized carbons (Fsp3) is 0.182. The molecule has 0 unspecified atom stereocenters. The minimum Gasteiger partial charge on any atom is -0.392 e. The molecule has 2 aromatic rings. The summed E-state index contributed by atoms with van der Waals surface area (Å²) in [6, 6.07) is 5.80. The van der Waals surface area contributed by atoms with Crippen molar-refractivity contribution in [1.82, 2.24) is 0 Å². The van der Waals surface area contributed by atoms with Crippen LogP contribution < -0.4 is 0 Å². The summed E-state index contributed by atoms with van der Waals surface area (Å²) in [5.41, 5.74) is 2.46. The van der Waals surface area contributed by atoms with Crippen LogP contribution in [-0.4, -0.2) is 5.11 Å². The van der Waals surface area contributed by atoms with Crippen LogP contribution in [0.3, 0.4) is 0 Å². The smallest absolute Gasteiger partial charge is 0.0995 e. The van der Waals surface area contributed by atoms with Gasteiger partial charge in [-0.25, -0.2) is 0 Å². The molecule has 0 aliphatic heterocycles. The summed E-state index contributed by atoms with van der Waals surface area (Å²) in [6.07, 6.45) is 0. The molecule has 0 amide bonds. The van der Waals surface area contributed by atoms with Gasteiger partial charge in [-0.15, -0.1) is 11.3 Å². The van der Waals surface area contributed by atoms with Gasteiger partial charge in [0.25, 0.3) is 0 Å². The Labute approximate surface area is 86.0 Å². The average molecular weight is 203 g/mol. The SMILES string of the molecule is Cc1csc2ccc(C#N)c(CO)c12. The van der Waals surface area contributed by atoms with Gasteiger partial charge in [-0.05, 0) is 30.0 Å². The van der Waals surface area contributed by atoms with Crippen LogP contribution in [0.1, 0.15) is 16.7 Å². The van der Waals surface area contributed by atoms with Crippen LogP contribution in [0, 0.1) is 18.3 Å². The van der Waals surface area contributed by atoms with Crippen LogP contribution >= 0.6 is 11.3 Å². The number of hydrogen-bond donors (Lipinski definition) is 1. The zero-order chi connectivity index (χ0) is 10.1. The molecule has 1 N–H and O–H groups in total. The largest absolute Gasteiger partial charge is 0.392 e. The predicted octanol–water partition coefficient (Wildman–Crippen LogP) is 2.57. The highest BCUT2D eigenvalue weighted by Crippen LogP contribution is 2.30. The second kappa shape index (κ2) is 3.41. The zero-order valence-corrected chi connectivity index (χ0v) is 8.56. The summed E-state index contributed by atoms with van der Waals surface area (Å²) in [5, 5.41) is 21.2. The molecule has 0 saturated heterocycles. The van der Waals surface area contributed by atoms with Crippen LogP contribution in [0.15, 0.2) is 17.5 Å². The van der Waals surface area contributed by atoms with Gasteiger partial charge in [-0.3, -0.25) is 0 Å². The molecular weight excluding hydrogens is 194 g/mol. The molecule has 0 aliphatic carbocycles. The van der Waals surface area contributed by atoms with E-state index in [0.717, 1.165) is 21.2 Å². The Kier molecular flexibility index (Phi) is 2.24. The van der Waals surface area contributed by atoms with Crippen LogP contribution in [0.4, 0.5) is 0 Å². The molecule has 2 nitrogen and oxygen atoms in total. The van der Waals surface area contributed by atoms with Crippen LogP contribution in [0.5, 0.6) is 0 Å². The van der Waals surface area contributed by atoms with Crippen molar-refractivity contribution >= 4 is 21.4 Å². The summed E-state index contributed by atoms with van der Waals surface area (Å²) in [4.78, 5) is 0. The lowest BCUT2D eigenvalue weighted by Gasteiger charge is -2.02. The first kappa shape index (κ1) is 9.20. The summed E-state index contributed by atoms with van der Waals surface area (Å²) in [5.74, 6) is 0. The van der Waals surface area contributed by atoms with E-state index in [1.165, 1.54) is 0 Å². The Bertz CT molecular complexity index is 522. The van der Waals surface area contributed by atoms with E-state index in [9.17, 15) is 5.11 Å². The molecule has 1 aromatic heterocycles. The molecular formula is C11H9NOS. The molecule has 0 aliphatic rings. The van der Waals surface area contributed by atoms with Crippen LogP contribution in [0.2, 0.25) is 0 Å². The Morgan fingerprint density at radius 2 is 2.29 bits per heavy atom. The molecule has 0 bridgehead atoms. The zero-order valence-electron chi connectivity index (χ0n) is 7.74. The van der Waals surface area contributed by atoms with Crippen molar-refractivity contribution in [3.63, 3.8) is 0 Å². The first-order valence-corrected chi connectivity index (χ1v) is 5.16. The molecule has 2 rings (SSSR count). The number of rotatable bonds is 1. The van der Waals surface area contributed by atoms with Crippen molar-refractivity contribution in [2.75, 3.05) is 0 Å².